The molecule has 0 spiro atoms. The number of allylic oxidation sites excluding steroid dienone is 1. The number of halogens is 1. The van der Waals surface area contributed by atoms with Crippen LogP contribution in [0, 0.1) is 0 Å². The molecule has 2 amide bonds. The summed E-state index contributed by atoms with van der Waals surface area (Å²) in [5, 5.41) is 3.43. The number of benzene rings is 1. The summed E-state index contributed by atoms with van der Waals surface area (Å²) in [6.45, 7) is 7.40. The number of rotatable bonds is 7. The fourth-order valence-electron chi connectivity index (χ4n) is 3.22. The molecule has 1 aromatic rings. The number of hydrogen-bond acceptors (Lipinski definition) is 4. The Balaban J connectivity index is 2.39. The second kappa shape index (κ2) is 9.73. The van der Waals surface area contributed by atoms with Crippen LogP contribution in [0.15, 0.2) is 35.5 Å². The van der Waals surface area contributed by atoms with E-state index in [1.807, 2.05) is 13.8 Å². The largest absolute Gasteiger partial charge is 0.463 e. The number of nitrogens with zero attached hydrogens (tertiary/aromatic N) is 1. The van der Waals surface area contributed by atoms with Crippen LogP contribution >= 0.6 is 11.6 Å². The van der Waals surface area contributed by atoms with Gasteiger partial charge in [-0.05, 0) is 44.9 Å². The molecule has 0 fully saturated rings. The first kappa shape index (κ1) is 22.0. The first-order valence-electron chi connectivity index (χ1n) is 9.51. The summed E-state index contributed by atoms with van der Waals surface area (Å²) in [4.78, 5) is 39.2. The smallest absolute Gasteiger partial charge is 0.336 e. The predicted octanol–water partition coefficient (Wildman–Crippen LogP) is 3.41. The fraction of sp³-hybridized carbons (Fsp3) is 0.476. The lowest BCUT2D eigenvalue weighted by Gasteiger charge is -2.34. The van der Waals surface area contributed by atoms with Crippen LogP contribution in [0.3, 0.4) is 0 Å². The van der Waals surface area contributed by atoms with Gasteiger partial charge >= 0.3 is 5.97 Å². The van der Waals surface area contributed by atoms with Gasteiger partial charge in [-0.15, -0.1) is 0 Å². The summed E-state index contributed by atoms with van der Waals surface area (Å²) in [6, 6.07) is 7.08. The SMILES string of the molecule is CCOC(=O)C1=C(C)N(CC(=O)NC(C)CC)C(=O)CC1c1ccc(Cl)cc1. The number of carbonyl (C=O) groups excluding carboxylic acids is 3. The maximum Gasteiger partial charge on any atom is 0.336 e. The van der Waals surface area contributed by atoms with Crippen LogP contribution in [0.2, 0.25) is 5.02 Å². The lowest BCUT2D eigenvalue weighted by atomic mass is 9.83. The number of esters is 1. The Kier molecular flexibility index (Phi) is 7.63. The Bertz CT molecular complexity index is 773. The molecule has 1 aromatic carbocycles. The molecule has 0 aliphatic carbocycles. The molecule has 7 heteroatoms. The third-order valence-corrected chi connectivity index (χ3v) is 5.16. The summed E-state index contributed by atoms with van der Waals surface area (Å²) in [5.41, 5.74) is 1.66. The molecule has 0 radical (unpaired) electrons. The van der Waals surface area contributed by atoms with Gasteiger partial charge < -0.3 is 15.0 Å². The van der Waals surface area contributed by atoms with E-state index >= 15 is 0 Å². The Morgan fingerprint density at radius 3 is 2.50 bits per heavy atom. The maximum atomic E-state index is 12.8. The van der Waals surface area contributed by atoms with E-state index < -0.39 is 11.9 Å². The molecule has 2 atom stereocenters. The van der Waals surface area contributed by atoms with E-state index in [2.05, 4.69) is 5.32 Å². The van der Waals surface area contributed by atoms with Crippen molar-refractivity contribution in [2.24, 2.45) is 0 Å². The lowest BCUT2D eigenvalue weighted by molar-refractivity contribution is -0.141. The van der Waals surface area contributed by atoms with E-state index in [1.54, 1.807) is 38.1 Å². The van der Waals surface area contributed by atoms with Gasteiger partial charge in [0.1, 0.15) is 6.54 Å². The Morgan fingerprint density at radius 1 is 1.29 bits per heavy atom. The monoisotopic (exact) mass is 406 g/mol. The molecule has 152 valence electrons. The highest BCUT2D eigenvalue weighted by molar-refractivity contribution is 6.30. The van der Waals surface area contributed by atoms with Gasteiger partial charge in [0.25, 0.3) is 0 Å². The zero-order valence-electron chi connectivity index (χ0n) is 16.8. The van der Waals surface area contributed by atoms with Crippen molar-refractivity contribution in [1.29, 1.82) is 0 Å². The fourth-order valence-corrected chi connectivity index (χ4v) is 3.35. The molecule has 6 nitrogen and oxygen atoms in total. The van der Waals surface area contributed by atoms with Crippen molar-refractivity contribution in [3.63, 3.8) is 0 Å². The first-order chi connectivity index (χ1) is 13.3. The average Bonchev–Trinajstić information content (AvgIpc) is 2.65. The highest BCUT2D eigenvalue weighted by Gasteiger charge is 2.37. The van der Waals surface area contributed by atoms with Crippen LogP contribution in [-0.2, 0) is 19.1 Å². The molecule has 1 heterocycles. The standard InChI is InChI=1S/C21H27ClN2O4/c1-5-13(3)23-18(25)12-24-14(4)20(21(27)28-6-2)17(11-19(24)26)15-7-9-16(22)10-8-15/h7-10,13,17H,5-6,11-12H2,1-4H3,(H,23,25). The highest BCUT2D eigenvalue weighted by atomic mass is 35.5. The second-order valence-corrected chi connectivity index (χ2v) is 7.32. The van der Waals surface area contributed by atoms with Crippen molar-refractivity contribution in [2.75, 3.05) is 13.2 Å². The molecule has 1 aliphatic heterocycles. The number of ether oxygens (including phenoxy) is 1. The molecule has 0 bridgehead atoms. The molecule has 0 aromatic heterocycles. The van der Waals surface area contributed by atoms with Crippen molar-refractivity contribution in [2.45, 2.75) is 52.5 Å². The quantitative estimate of drug-likeness (QED) is 0.704. The van der Waals surface area contributed by atoms with E-state index in [4.69, 9.17) is 16.3 Å². The number of nitrogens with one attached hydrogen (secondary N) is 1. The summed E-state index contributed by atoms with van der Waals surface area (Å²) in [5.74, 6) is -1.36. The van der Waals surface area contributed by atoms with Crippen LogP contribution < -0.4 is 5.32 Å². The lowest BCUT2D eigenvalue weighted by Crippen LogP contribution is -2.45. The minimum atomic E-state index is -0.472. The summed E-state index contributed by atoms with van der Waals surface area (Å²) < 4.78 is 5.24. The van der Waals surface area contributed by atoms with Crippen LogP contribution in [0.25, 0.3) is 0 Å². The molecule has 2 unspecified atom stereocenters. The topological polar surface area (TPSA) is 75.7 Å². The van der Waals surface area contributed by atoms with Crippen molar-refractivity contribution < 1.29 is 19.1 Å². The Hall–Kier alpha value is -2.34. The van der Waals surface area contributed by atoms with Gasteiger partial charge in [-0.1, -0.05) is 30.7 Å². The van der Waals surface area contributed by atoms with Gasteiger partial charge in [-0.25, -0.2) is 4.79 Å². The maximum absolute atomic E-state index is 12.8. The van der Waals surface area contributed by atoms with Gasteiger partial charge in [0.15, 0.2) is 0 Å². The van der Waals surface area contributed by atoms with Crippen LogP contribution in [0.5, 0.6) is 0 Å². The van der Waals surface area contributed by atoms with E-state index in [9.17, 15) is 14.4 Å². The molecular weight excluding hydrogens is 380 g/mol. The second-order valence-electron chi connectivity index (χ2n) is 6.88. The van der Waals surface area contributed by atoms with Gasteiger partial charge in [0.05, 0.1) is 12.2 Å². The van der Waals surface area contributed by atoms with Gasteiger partial charge in [0, 0.05) is 29.1 Å². The molecule has 1 N–H and O–H groups in total. The Labute approximate surface area is 170 Å². The van der Waals surface area contributed by atoms with Crippen LogP contribution in [0.1, 0.15) is 52.0 Å². The molecule has 0 saturated carbocycles. The number of amides is 2. The van der Waals surface area contributed by atoms with Crippen molar-refractivity contribution in [3.05, 3.63) is 46.1 Å². The minimum absolute atomic E-state index is 0.0167. The zero-order valence-corrected chi connectivity index (χ0v) is 17.5. The van der Waals surface area contributed by atoms with E-state index in [0.29, 0.717) is 16.3 Å². The van der Waals surface area contributed by atoms with Crippen LogP contribution in [-0.4, -0.2) is 41.9 Å². The van der Waals surface area contributed by atoms with Crippen molar-refractivity contribution in [1.82, 2.24) is 10.2 Å². The highest BCUT2D eigenvalue weighted by Crippen LogP contribution is 2.37. The third kappa shape index (κ3) is 5.13. The van der Waals surface area contributed by atoms with Gasteiger partial charge in [-0.2, -0.15) is 0 Å². The zero-order chi connectivity index (χ0) is 20.8. The predicted molar refractivity (Wildman–Crippen MR) is 108 cm³/mol. The van der Waals surface area contributed by atoms with E-state index in [0.717, 1.165) is 12.0 Å². The van der Waals surface area contributed by atoms with Gasteiger partial charge in [-0.3, -0.25) is 9.59 Å². The van der Waals surface area contributed by atoms with Crippen molar-refractivity contribution >= 4 is 29.4 Å². The Morgan fingerprint density at radius 2 is 1.93 bits per heavy atom. The molecular formula is C21H27ClN2O4. The van der Waals surface area contributed by atoms with E-state index in [-0.39, 0.29) is 37.4 Å². The summed E-state index contributed by atoms with van der Waals surface area (Å²) >= 11 is 5.97. The molecule has 28 heavy (non-hydrogen) atoms. The number of carbonyl (C=O) groups is 3. The minimum Gasteiger partial charge on any atom is -0.463 e. The molecule has 0 saturated heterocycles. The third-order valence-electron chi connectivity index (χ3n) is 4.91. The number of hydrogen-bond donors (Lipinski definition) is 1. The van der Waals surface area contributed by atoms with Crippen molar-refractivity contribution in [3.8, 4) is 0 Å². The average molecular weight is 407 g/mol. The summed E-state index contributed by atoms with van der Waals surface area (Å²) in [6.07, 6.45) is 0.880. The first-order valence-corrected chi connectivity index (χ1v) is 9.89. The molecule has 2 rings (SSSR count). The van der Waals surface area contributed by atoms with Crippen LogP contribution in [0.4, 0.5) is 0 Å². The van der Waals surface area contributed by atoms with E-state index in [1.165, 1.54) is 4.90 Å². The molecule has 1 aliphatic rings. The normalized spacial score (nSPS) is 18.1. The van der Waals surface area contributed by atoms with Gasteiger partial charge in [0.2, 0.25) is 11.8 Å². The summed E-state index contributed by atoms with van der Waals surface area (Å²) in [7, 11) is 0.